The molecule has 44 valence electrons. The molecule has 9 heavy (non-hydrogen) atoms. The Morgan fingerprint density at radius 3 is 2.67 bits per heavy atom. The summed E-state index contributed by atoms with van der Waals surface area (Å²) >= 11 is 0. The van der Waals surface area contributed by atoms with E-state index in [0.29, 0.717) is 0 Å². The van der Waals surface area contributed by atoms with Crippen LogP contribution in [0.4, 0.5) is 0 Å². The van der Waals surface area contributed by atoms with E-state index in [1.807, 2.05) is 6.08 Å². The fourth-order valence-electron chi connectivity index (χ4n) is 0.844. The highest BCUT2D eigenvalue weighted by atomic mass is 16.1. The summed E-state index contributed by atoms with van der Waals surface area (Å²) in [5, 5.41) is 0. The van der Waals surface area contributed by atoms with Gasteiger partial charge in [-0.1, -0.05) is 12.2 Å². The smallest absolute Gasteiger partial charge is 0.192 e. The highest BCUT2D eigenvalue weighted by Crippen LogP contribution is 2.26. The van der Waals surface area contributed by atoms with Crippen LogP contribution in [0.1, 0.15) is 0 Å². The van der Waals surface area contributed by atoms with Crippen LogP contribution >= 0.6 is 0 Å². The van der Waals surface area contributed by atoms with Crippen LogP contribution in [0.2, 0.25) is 0 Å². The Morgan fingerprint density at radius 2 is 2.22 bits per heavy atom. The third kappa shape index (κ3) is 0.499. The monoisotopic (exact) mass is 119 g/mol. The van der Waals surface area contributed by atoms with Gasteiger partial charge in [0.05, 0.1) is 0 Å². The van der Waals surface area contributed by atoms with Crippen LogP contribution in [-0.2, 0) is 4.79 Å². The van der Waals surface area contributed by atoms with Gasteiger partial charge in [-0.15, -0.1) is 0 Å². The van der Waals surface area contributed by atoms with Gasteiger partial charge in [0.2, 0.25) is 0 Å². The van der Waals surface area contributed by atoms with Crippen molar-refractivity contribution < 1.29 is 4.79 Å². The number of allylic oxidation sites excluding steroid dienone is 2. The van der Waals surface area contributed by atoms with Crippen LogP contribution in [-0.4, -0.2) is 17.5 Å². The molecule has 2 heteroatoms. The van der Waals surface area contributed by atoms with E-state index < -0.39 is 5.54 Å². The first kappa shape index (κ1) is 4.68. The summed E-state index contributed by atoms with van der Waals surface area (Å²) in [5.41, 5.74) is -0.519. The van der Waals surface area contributed by atoms with Gasteiger partial charge in [0, 0.05) is 6.21 Å². The highest BCUT2D eigenvalue weighted by molar-refractivity contribution is 6.20. The average Bonchev–Trinajstić information content (AvgIpc) is 2.60. The molecule has 1 aliphatic carbocycles. The van der Waals surface area contributed by atoms with Crippen molar-refractivity contribution in [2.75, 3.05) is 0 Å². The van der Waals surface area contributed by atoms with Crippen LogP contribution in [0.3, 0.4) is 0 Å². The summed E-state index contributed by atoms with van der Waals surface area (Å²) in [6.07, 6.45) is 8.58. The Balaban J connectivity index is 2.37. The molecule has 0 saturated carbocycles. The van der Waals surface area contributed by atoms with E-state index in [1.54, 1.807) is 24.4 Å². The van der Waals surface area contributed by atoms with Crippen molar-refractivity contribution in [1.82, 2.24) is 0 Å². The third-order valence-corrected chi connectivity index (χ3v) is 1.51. The Morgan fingerprint density at radius 1 is 1.44 bits per heavy atom. The van der Waals surface area contributed by atoms with Crippen LogP contribution in [0.15, 0.2) is 29.3 Å². The molecule has 2 rings (SSSR count). The second-order valence-corrected chi connectivity index (χ2v) is 2.17. The van der Waals surface area contributed by atoms with Gasteiger partial charge in [-0.25, -0.2) is 0 Å². The van der Waals surface area contributed by atoms with E-state index in [0.717, 1.165) is 0 Å². The van der Waals surface area contributed by atoms with Gasteiger partial charge < -0.3 is 0 Å². The number of aliphatic imine (C=N–C) groups is 1. The van der Waals surface area contributed by atoms with Gasteiger partial charge in [0.15, 0.2) is 11.3 Å². The molecule has 0 fully saturated rings. The van der Waals surface area contributed by atoms with Gasteiger partial charge in [0.1, 0.15) is 0 Å². The summed E-state index contributed by atoms with van der Waals surface area (Å²) in [6, 6.07) is 0. The minimum Gasteiger partial charge on any atom is -0.291 e. The van der Waals surface area contributed by atoms with Crippen molar-refractivity contribution in [3.8, 4) is 0 Å². The zero-order chi connectivity index (χ0) is 6.32. The lowest BCUT2D eigenvalue weighted by atomic mass is 9.99. The Kier molecular flexibility index (Phi) is 0.628. The zero-order valence-electron chi connectivity index (χ0n) is 4.74. The average molecular weight is 119 g/mol. The first-order valence-corrected chi connectivity index (χ1v) is 2.80. The molecular formula is C7H5NO. The summed E-state index contributed by atoms with van der Waals surface area (Å²) in [4.78, 5) is 14.8. The standard InChI is InChI=1S/C7H5NO/c9-6-3-1-2-4-7(6)5-8-7/h1-5H/t7-/m0/s1. The summed E-state index contributed by atoms with van der Waals surface area (Å²) in [6.45, 7) is 0. The lowest BCUT2D eigenvalue weighted by Crippen LogP contribution is -2.23. The minimum atomic E-state index is -0.519. The van der Waals surface area contributed by atoms with Crippen molar-refractivity contribution in [3.63, 3.8) is 0 Å². The maximum absolute atomic E-state index is 10.9. The van der Waals surface area contributed by atoms with E-state index in [1.165, 1.54) is 0 Å². The molecule has 0 radical (unpaired) electrons. The van der Waals surface area contributed by atoms with Crippen molar-refractivity contribution >= 4 is 12.0 Å². The van der Waals surface area contributed by atoms with E-state index >= 15 is 0 Å². The topological polar surface area (TPSA) is 29.4 Å². The molecule has 2 aliphatic rings. The second-order valence-electron chi connectivity index (χ2n) is 2.17. The Bertz CT molecular complexity index is 242. The number of carbonyl (C=O) groups excluding carboxylic acids is 1. The molecular weight excluding hydrogens is 114 g/mol. The van der Waals surface area contributed by atoms with Gasteiger partial charge in [-0.2, -0.15) is 0 Å². The fraction of sp³-hybridized carbons (Fsp3) is 0.143. The minimum absolute atomic E-state index is 0.0741. The molecule has 1 aliphatic heterocycles. The molecule has 0 bridgehead atoms. The van der Waals surface area contributed by atoms with E-state index in [-0.39, 0.29) is 5.78 Å². The molecule has 0 unspecified atom stereocenters. The van der Waals surface area contributed by atoms with Crippen molar-refractivity contribution in [1.29, 1.82) is 0 Å². The van der Waals surface area contributed by atoms with Gasteiger partial charge in [-0.3, -0.25) is 9.79 Å². The number of hydrogen-bond acceptors (Lipinski definition) is 2. The number of hydrogen-bond donors (Lipinski definition) is 0. The van der Waals surface area contributed by atoms with Crippen molar-refractivity contribution in [2.45, 2.75) is 5.54 Å². The van der Waals surface area contributed by atoms with Gasteiger partial charge in [0.25, 0.3) is 0 Å². The normalized spacial score (nSPS) is 36.2. The molecule has 1 heterocycles. The maximum Gasteiger partial charge on any atom is 0.192 e. The van der Waals surface area contributed by atoms with E-state index in [9.17, 15) is 4.79 Å². The molecule has 1 spiro atoms. The summed E-state index contributed by atoms with van der Waals surface area (Å²) in [5.74, 6) is 0.0741. The summed E-state index contributed by atoms with van der Waals surface area (Å²) in [7, 11) is 0. The third-order valence-electron chi connectivity index (χ3n) is 1.51. The predicted octanol–water partition coefficient (Wildman–Crippen LogP) is 0.505. The number of ketones is 1. The Hall–Kier alpha value is -1.18. The molecule has 0 aromatic rings. The maximum atomic E-state index is 10.9. The zero-order valence-corrected chi connectivity index (χ0v) is 4.74. The van der Waals surface area contributed by atoms with E-state index in [4.69, 9.17) is 0 Å². The lowest BCUT2D eigenvalue weighted by molar-refractivity contribution is -0.115. The highest BCUT2D eigenvalue weighted by Gasteiger charge is 2.41. The molecule has 0 aromatic heterocycles. The molecule has 0 aromatic carbocycles. The van der Waals surface area contributed by atoms with Crippen LogP contribution < -0.4 is 0 Å². The van der Waals surface area contributed by atoms with Crippen LogP contribution in [0.25, 0.3) is 0 Å². The fourth-order valence-corrected chi connectivity index (χ4v) is 0.844. The predicted molar refractivity (Wildman–Crippen MR) is 34.5 cm³/mol. The van der Waals surface area contributed by atoms with Gasteiger partial charge in [-0.05, 0) is 12.2 Å². The molecule has 0 N–H and O–H groups in total. The van der Waals surface area contributed by atoms with Crippen LogP contribution in [0.5, 0.6) is 0 Å². The van der Waals surface area contributed by atoms with Crippen molar-refractivity contribution in [3.05, 3.63) is 24.3 Å². The number of rotatable bonds is 0. The SMILES string of the molecule is O=C1C=CC=C[C@]12C=N2. The molecule has 0 saturated heterocycles. The van der Waals surface area contributed by atoms with E-state index in [2.05, 4.69) is 4.99 Å². The molecule has 2 nitrogen and oxygen atoms in total. The van der Waals surface area contributed by atoms with Crippen molar-refractivity contribution in [2.24, 2.45) is 4.99 Å². The molecule has 1 atom stereocenters. The largest absolute Gasteiger partial charge is 0.291 e. The lowest BCUT2D eigenvalue weighted by Gasteiger charge is -2.04. The number of carbonyl (C=O) groups is 1. The summed E-state index contributed by atoms with van der Waals surface area (Å²) < 4.78 is 0. The first-order chi connectivity index (χ1) is 4.33. The van der Waals surface area contributed by atoms with Crippen LogP contribution in [0, 0.1) is 0 Å². The number of nitrogens with zero attached hydrogens (tertiary/aromatic N) is 1. The van der Waals surface area contributed by atoms with Gasteiger partial charge >= 0.3 is 0 Å². The second kappa shape index (κ2) is 1.21. The molecule has 0 amide bonds. The quantitative estimate of drug-likeness (QED) is 0.456. The Labute approximate surface area is 52.6 Å². The first-order valence-electron chi connectivity index (χ1n) is 2.80.